The Hall–Kier alpha value is -1.06. The zero-order valence-corrected chi connectivity index (χ0v) is 10.2. The van der Waals surface area contributed by atoms with E-state index in [-0.39, 0.29) is 24.5 Å². The van der Waals surface area contributed by atoms with Crippen LogP contribution in [0.5, 0.6) is 0 Å². The van der Waals surface area contributed by atoms with Gasteiger partial charge in [0.15, 0.2) is 0 Å². The Morgan fingerprint density at radius 2 is 2.19 bits per heavy atom. The standard InChI is InChI=1S/C12H16ClNO2/c1-8(7-15)9(2)14-12(16)10-4-3-5-11(13)6-10/h3-6,8-9,15H,7H2,1-2H3,(H,14,16). The zero-order chi connectivity index (χ0) is 12.1. The van der Waals surface area contributed by atoms with Gasteiger partial charge >= 0.3 is 0 Å². The minimum atomic E-state index is -0.171. The van der Waals surface area contributed by atoms with Crippen LogP contribution in [-0.4, -0.2) is 23.7 Å². The summed E-state index contributed by atoms with van der Waals surface area (Å²) >= 11 is 5.80. The van der Waals surface area contributed by atoms with E-state index in [0.717, 1.165) is 0 Å². The SMILES string of the molecule is CC(CO)C(C)NC(=O)c1cccc(Cl)c1. The Balaban J connectivity index is 2.66. The number of carbonyl (C=O) groups excluding carboxylic acids is 1. The molecule has 1 aromatic carbocycles. The predicted octanol–water partition coefficient (Wildman–Crippen LogP) is 2.09. The number of hydrogen-bond acceptors (Lipinski definition) is 2. The van der Waals surface area contributed by atoms with E-state index < -0.39 is 0 Å². The second-order valence-electron chi connectivity index (χ2n) is 3.93. The van der Waals surface area contributed by atoms with Crippen LogP contribution < -0.4 is 5.32 Å². The predicted molar refractivity (Wildman–Crippen MR) is 64.6 cm³/mol. The molecule has 0 fully saturated rings. The first kappa shape index (κ1) is 13.0. The summed E-state index contributed by atoms with van der Waals surface area (Å²) in [6, 6.07) is 6.71. The molecule has 2 atom stereocenters. The van der Waals surface area contributed by atoms with Gasteiger partial charge in [0.1, 0.15) is 0 Å². The monoisotopic (exact) mass is 241 g/mol. The lowest BCUT2D eigenvalue weighted by Crippen LogP contribution is -2.38. The summed E-state index contributed by atoms with van der Waals surface area (Å²) in [6.45, 7) is 3.79. The van der Waals surface area contributed by atoms with Crippen molar-refractivity contribution in [3.05, 3.63) is 34.9 Å². The van der Waals surface area contributed by atoms with Crippen LogP contribution in [0.15, 0.2) is 24.3 Å². The van der Waals surface area contributed by atoms with Gasteiger partial charge in [-0.05, 0) is 31.0 Å². The minimum absolute atomic E-state index is 0.0307. The number of benzene rings is 1. The first-order chi connectivity index (χ1) is 7.54. The van der Waals surface area contributed by atoms with Crippen LogP contribution >= 0.6 is 11.6 Å². The van der Waals surface area contributed by atoms with E-state index in [9.17, 15) is 4.79 Å². The van der Waals surface area contributed by atoms with Crippen molar-refractivity contribution in [3.8, 4) is 0 Å². The van der Waals surface area contributed by atoms with Crippen molar-refractivity contribution in [2.24, 2.45) is 5.92 Å². The van der Waals surface area contributed by atoms with E-state index in [1.807, 2.05) is 13.8 Å². The molecule has 0 aliphatic rings. The van der Waals surface area contributed by atoms with Crippen LogP contribution in [-0.2, 0) is 0 Å². The molecule has 2 unspecified atom stereocenters. The highest BCUT2D eigenvalue weighted by Crippen LogP contribution is 2.11. The molecule has 1 aromatic rings. The largest absolute Gasteiger partial charge is 0.396 e. The lowest BCUT2D eigenvalue weighted by molar-refractivity contribution is 0.0916. The lowest BCUT2D eigenvalue weighted by atomic mass is 10.0. The van der Waals surface area contributed by atoms with Crippen molar-refractivity contribution in [2.75, 3.05) is 6.61 Å². The maximum Gasteiger partial charge on any atom is 0.251 e. The molecule has 1 amide bonds. The molecule has 4 heteroatoms. The summed E-state index contributed by atoms with van der Waals surface area (Å²) in [5.74, 6) is -0.140. The molecule has 0 radical (unpaired) electrons. The summed E-state index contributed by atoms with van der Waals surface area (Å²) < 4.78 is 0. The molecule has 16 heavy (non-hydrogen) atoms. The van der Waals surface area contributed by atoms with Crippen molar-refractivity contribution in [2.45, 2.75) is 19.9 Å². The molecule has 0 saturated carbocycles. The first-order valence-electron chi connectivity index (χ1n) is 5.22. The average molecular weight is 242 g/mol. The Labute approximate surface area is 100 Å². The Morgan fingerprint density at radius 3 is 2.75 bits per heavy atom. The second kappa shape index (κ2) is 5.87. The highest BCUT2D eigenvalue weighted by atomic mass is 35.5. The van der Waals surface area contributed by atoms with Crippen molar-refractivity contribution < 1.29 is 9.90 Å². The molecule has 88 valence electrons. The van der Waals surface area contributed by atoms with Gasteiger partial charge in [-0.1, -0.05) is 24.6 Å². The van der Waals surface area contributed by atoms with E-state index in [4.69, 9.17) is 16.7 Å². The molecule has 0 spiro atoms. The molecule has 0 bridgehead atoms. The molecule has 2 N–H and O–H groups in total. The van der Waals surface area contributed by atoms with Crippen LogP contribution in [0.2, 0.25) is 5.02 Å². The second-order valence-corrected chi connectivity index (χ2v) is 4.37. The fraction of sp³-hybridized carbons (Fsp3) is 0.417. The Bertz CT molecular complexity index is 368. The average Bonchev–Trinajstić information content (AvgIpc) is 2.27. The van der Waals surface area contributed by atoms with E-state index in [0.29, 0.717) is 10.6 Å². The molecule has 0 aromatic heterocycles. The minimum Gasteiger partial charge on any atom is -0.396 e. The van der Waals surface area contributed by atoms with Crippen LogP contribution in [0.3, 0.4) is 0 Å². The van der Waals surface area contributed by atoms with Crippen molar-refractivity contribution >= 4 is 17.5 Å². The third-order valence-corrected chi connectivity index (χ3v) is 2.82. The molecule has 1 rings (SSSR count). The summed E-state index contributed by atoms with van der Waals surface area (Å²) in [5.41, 5.74) is 0.532. The van der Waals surface area contributed by atoms with E-state index in [2.05, 4.69) is 5.32 Å². The van der Waals surface area contributed by atoms with Gasteiger partial charge in [-0.2, -0.15) is 0 Å². The number of halogens is 1. The molecule has 0 aliphatic heterocycles. The van der Waals surface area contributed by atoms with Gasteiger partial charge in [-0.3, -0.25) is 4.79 Å². The van der Waals surface area contributed by atoms with Gasteiger partial charge in [-0.15, -0.1) is 0 Å². The third kappa shape index (κ3) is 3.51. The highest BCUT2D eigenvalue weighted by Gasteiger charge is 2.14. The van der Waals surface area contributed by atoms with Crippen molar-refractivity contribution in [1.82, 2.24) is 5.32 Å². The summed E-state index contributed by atoms with van der Waals surface area (Å²) in [7, 11) is 0. The molecule has 0 heterocycles. The highest BCUT2D eigenvalue weighted by molar-refractivity contribution is 6.30. The molecule has 0 saturated heterocycles. The Morgan fingerprint density at radius 1 is 1.50 bits per heavy atom. The van der Waals surface area contributed by atoms with Crippen LogP contribution in [0, 0.1) is 5.92 Å². The molecule has 3 nitrogen and oxygen atoms in total. The number of amides is 1. The lowest BCUT2D eigenvalue weighted by Gasteiger charge is -2.19. The Kier molecular flexibility index (Phi) is 4.77. The number of hydrogen-bond donors (Lipinski definition) is 2. The number of carbonyl (C=O) groups is 1. The van der Waals surface area contributed by atoms with Gasteiger partial charge < -0.3 is 10.4 Å². The maximum atomic E-state index is 11.8. The van der Waals surface area contributed by atoms with Crippen LogP contribution in [0.4, 0.5) is 0 Å². The van der Waals surface area contributed by atoms with Crippen molar-refractivity contribution in [3.63, 3.8) is 0 Å². The third-order valence-electron chi connectivity index (χ3n) is 2.59. The molecular weight excluding hydrogens is 226 g/mol. The fourth-order valence-corrected chi connectivity index (χ4v) is 1.41. The van der Waals surface area contributed by atoms with E-state index >= 15 is 0 Å². The normalized spacial score (nSPS) is 14.2. The first-order valence-corrected chi connectivity index (χ1v) is 5.59. The molecular formula is C12H16ClNO2. The van der Waals surface area contributed by atoms with E-state index in [1.54, 1.807) is 24.3 Å². The summed E-state index contributed by atoms with van der Waals surface area (Å²) in [6.07, 6.45) is 0. The quantitative estimate of drug-likeness (QED) is 0.848. The maximum absolute atomic E-state index is 11.8. The summed E-state index contributed by atoms with van der Waals surface area (Å²) in [5, 5.41) is 12.3. The van der Waals surface area contributed by atoms with Crippen LogP contribution in [0.1, 0.15) is 24.2 Å². The van der Waals surface area contributed by atoms with Gasteiger partial charge in [-0.25, -0.2) is 0 Å². The smallest absolute Gasteiger partial charge is 0.251 e. The molecule has 0 aliphatic carbocycles. The number of nitrogens with one attached hydrogen (secondary N) is 1. The number of aliphatic hydroxyl groups is 1. The number of aliphatic hydroxyl groups excluding tert-OH is 1. The van der Waals surface area contributed by atoms with Gasteiger partial charge in [0.2, 0.25) is 0 Å². The zero-order valence-electron chi connectivity index (χ0n) is 9.40. The number of rotatable bonds is 4. The van der Waals surface area contributed by atoms with E-state index in [1.165, 1.54) is 0 Å². The van der Waals surface area contributed by atoms with Crippen molar-refractivity contribution in [1.29, 1.82) is 0 Å². The van der Waals surface area contributed by atoms with Crippen LogP contribution in [0.25, 0.3) is 0 Å². The van der Waals surface area contributed by atoms with Gasteiger partial charge in [0.05, 0.1) is 0 Å². The fourth-order valence-electron chi connectivity index (χ4n) is 1.22. The van der Waals surface area contributed by atoms with Gasteiger partial charge in [0, 0.05) is 23.2 Å². The van der Waals surface area contributed by atoms with Gasteiger partial charge in [0.25, 0.3) is 5.91 Å². The summed E-state index contributed by atoms with van der Waals surface area (Å²) in [4.78, 5) is 11.8. The topological polar surface area (TPSA) is 49.3 Å².